The minimum Gasteiger partial charge on any atom is -0.471 e. The van der Waals surface area contributed by atoms with E-state index in [0.29, 0.717) is 10.9 Å². The maximum atomic E-state index is 12.5. The number of nitriles is 1. The standard InChI is InChI=1S/C19H17F2N7O/c20-17(21)11-29-19-15-7-14(1-2-16(15)25-12-26-19)27-3-5-28(6-4-27)18-10-23-13(8-22)9-24-18/h1-2,7,9-10,12,17H,3-6,11H2. The molecule has 0 radical (unpaired) electrons. The molecule has 0 amide bonds. The molecule has 8 nitrogen and oxygen atoms in total. The molecule has 0 saturated carbocycles. The molecule has 10 heteroatoms. The van der Waals surface area contributed by atoms with Gasteiger partial charge in [-0.1, -0.05) is 0 Å². The first kappa shape index (κ1) is 18.7. The first-order chi connectivity index (χ1) is 14.1. The molecule has 29 heavy (non-hydrogen) atoms. The quantitative estimate of drug-likeness (QED) is 0.648. The fourth-order valence-electron chi connectivity index (χ4n) is 3.21. The number of anilines is 2. The molecule has 2 aromatic heterocycles. The van der Waals surface area contributed by atoms with Gasteiger partial charge in [0.15, 0.2) is 12.3 Å². The van der Waals surface area contributed by atoms with Crippen LogP contribution in [-0.4, -0.2) is 59.1 Å². The highest BCUT2D eigenvalue weighted by molar-refractivity contribution is 5.86. The van der Waals surface area contributed by atoms with Gasteiger partial charge in [-0.05, 0) is 18.2 Å². The van der Waals surface area contributed by atoms with Crippen LogP contribution in [0.25, 0.3) is 10.9 Å². The molecule has 0 spiro atoms. The summed E-state index contributed by atoms with van der Waals surface area (Å²) in [5.74, 6) is 0.891. The number of hydrogen-bond donors (Lipinski definition) is 0. The lowest BCUT2D eigenvalue weighted by molar-refractivity contribution is 0.0804. The number of halogens is 2. The van der Waals surface area contributed by atoms with Gasteiger partial charge in [-0.15, -0.1) is 0 Å². The molecule has 1 saturated heterocycles. The van der Waals surface area contributed by atoms with Crippen molar-refractivity contribution < 1.29 is 13.5 Å². The Hall–Kier alpha value is -3.61. The van der Waals surface area contributed by atoms with Gasteiger partial charge < -0.3 is 14.5 Å². The Morgan fingerprint density at radius 1 is 1.03 bits per heavy atom. The number of ether oxygens (including phenoxy) is 1. The number of aromatic nitrogens is 4. The van der Waals surface area contributed by atoms with Crippen LogP contribution >= 0.6 is 0 Å². The zero-order chi connectivity index (χ0) is 20.2. The van der Waals surface area contributed by atoms with E-state index in [1.807, 2.05) is 24.3 Å². The molecule has 0 unspecified atom stereocenters. The van der Waals surface area contributed by atoms with Crippen LogP contribution in [0.2, 0.25) is 0 Å². The van der Waals surface area contributed by atoms with Gasteiger partial charge in [-0.3, -0.25) is 0 Å². The van der Waals surface area contributed by atoms with Crippen LogP contribution in [0.1, 0.15) is 5.69 Å². The number of alkyl halides is 2. The predicted molar refractivity (Wildman–Crippen MR) is 102 cm³/mol. The fraction of sp³-hybridized carbons (Fsp3) is 0.316. The van der Waals surface area contributed by atoms with Gasteiger partial charge in [0.25, 0.3) is 6.43 Å². The summed E-state index contributed by atoms with van der Waals surface area (Å²) >= 11 is 0. The first-order valence-electron chi connectivity index (χ1n) is 9.02. The van der Waals surface area contributed by atoms with Crippen molar-refractivity contribution in [1.82, 2.24) is 19.9 Å². The summed E-state index contributed by atoms with van der Waals surface area (Å²) < 4.78 is 30.2. The molecular weight excluding hydrogens is 380 g/mol. The van der Waals surface area contributed by atoms with Crippen molar-refractivity contribution in [3.63, 3.8) is 0 Å². The van der Waals surface area contributed by atoms with E-state index < -0.39 is 13.0 Å². The highest BCUT2D eigenvalue weighted by Gasteiger charge is 2.20. The fourth-order valence-corrected chi connectivity index (χ4v) is 3.21. The Morgan fingerprint density at radius 3 is 2.52 bits per heavy atom. The van der Waals surface area contributed by atoms with Crippen molar-refractivity contribution >= 4 is 22.4 Å². The van der Waals surface area contributed by atoms with Gasteiger partial charge in [0.05, 0.1) is 23.3 Å². The van der Waals surface area contributed by atoms with Crippen LogP contribution in [0.5, 0.6) is 5.88 Å². The third-order valence-electron chi connectivity index (χ3n) is 4.65. The molecule has 1 fully saturated rings. The van der Waals surface area contributed by atoms with E-state index in [2.05, 4.69) is 29.7 Å². The number of hydrogen-bond acceptors (Lipinski definition) is 8. The number of piperazine rings is 1. The summed E-state index contributed by atoms with van der Waals surface area (Å²) in [5, 5.41) is 9.43. The summed E-state index contributed by atoms with van der Waals surface area (Å²) in [5.41, 5.74) is 1.87. The number of fused-ring (bicyclic) bond motifs is 1. The molecule has 3 heterocycles. The maximum absolute atomic E-state index is 12.5. The second-order valence-corrected chi connectivity index (χ2v) is 6.43. The molecular formula is C19H17F2N7O. The molecule has 1 aliphatic rings. The summed E-state index contributed by atoms with van der Waals surface area (Å²) in [4.78, 5) is 20.8. The topological polar surface area (TPSA) is 91.1 Å². The van der Waals surface area contributed by atoms with Gasteiger partial charge in [0.1, 0.15) is 18.2 Å². The SMILES string of the molecule is N#Cc1cnc(N2CCN(c3ccc4ncnc(OCC(F)F)c4c3)CC2)cn1. The first-order valence-corrected chi connectivity index (χ1v) is 9.02. The third-order valence-corrected chi connectivity index (χ3v) is 4.65. The normalized spacial score (nSPS) is 14.3. The Balaban J connectivity index is 1.49. The Morgan fingerprint density at radius 2 is 1.83 bits per heavy atom. The zero-order valence-electron chi connectivity index (χ0n) is 15.4. The molecule has 3 aromatic rings. The molecule has 4 rings (SSSR count). The van der Waals surface area contributed by atoms with Crippen LogP contribution in [0, 0.1) is 11.3 Å². The average molecular weight is 397 g/mol. The minimum atomic E-state index is -2.57. The van der Waals surface area contributed by atoms with Crippen molar-refractivity contribution in [2.75, 3.05) is 42.6 Å². The van der Waals surface area contributed by atoms with Crippen LogP contribution in [0.4, 0.5) is 20.3 Å². The van der Waals surface area contributed by atoms with Gasteiger partial charge in [-0.25, -0.2) is 28.7 Å². The average Bonchev–Trinajstić information content (AvgIpc) is 2.77. The van der Waals surface area contributed by atoms with Crippen LogP contribution in [0.15, 0.2) is 36.9 Å². The molecule has 0 bridgehead atoms. The number of benzene rings is 1. The van der Waals surface area contributed by atoms with Crippen LogP contribution in [-0.2, 0) is 0 Å². The summed E-state index contributed by atoms with van der Waals surface area (Å²) in [6, 6.07) is 7.61. The van der Waals surface area contributed by atoms with E-state index >= 15 is 0 Å². The van der Waals surface area contributed by atoms with E-state index in [9.17, 15) is 8.78 Å². The Kier molecular flexibility index (Phi) is 5.29. The highest BCUT2D eigenvalue weighted by atomic mass is 19.3. The maximum Gasteiger partial charge on any atom is 0.272 e. The Bertz CT molecular complexity index is 1030. The molecule has 148 valence electrons. The molecule has 0 N–H and O–H groups in total. The van der Waals surface area contributed by atoms with E-state index in [1.165, 1.54) is 12.5 Å². The lowest BCUT2D eigenvalue weighted by Gasteiger charge is -2.36. The molecule has 0 atom stereocenters. The molecule has 1 aliphatic heterocycles. The Labute approximate surface area is 165 Å². The third kappa shape index (κ3) is 4.13. The largest absolute Gasteiger partial charge is 0.471 e. The molecule has 1 aromatic carbocycles. The number of rotatable bonds is 5. The van der Waals surface area contributed by atoms with Crippen molar-refractivity contribution in [1.29, 1.82) is 5.26 Å². The second kappa shape index (κ2) is 8.18. The summed E-state index contributed by atoms with van der Waals surface area (Å²) in [7, 11) is 0. The second-order valence-electron chi connectivity index (χ2n) is 6.43. The van der Waals surface area contributed by atoms with Crippen molar-refractivity contribution in [3.05, 3.63) is 42.6 Å². The van der Waals surface area contributed by atoms with E-state index in [0.717, 1.165) is 37.7 Å². The van der Waals surface area contributed by atoms with E-state index in [1.54, 1.807) is 6.20 Å². The van der Waals surface area contributed by atoms with Gasteiger partial charge in [0, 0.05) is 31.9 Å². The van der Waals surface area contributed by atoms with E-state index in [-0.39, 0.29) is 11.6 Å². The summed E-state index contributed by atoms with van der Waals surface area (Å²) in [6.07, 6.45) is 1.81. The zero-order valence-corrected chi connectivity index (χ0v) is 15.4. The van der Waals surface area contributed by atoms with E-state index in [4.69, 9.17) is 10.00 Å². The minimum absolute atomic E-state index is 0.156. The monoisotopic (exact) mass is 397 g/mol. The smallest absolute Gasteiger partial charge is 0.272 e. The highest BCUT2D eigenvalue weighted by Crippen LogP contribution is 2.28. The van der Waals surface area contributed by atoms with Crippen molar-refractivity contribution in [3.8, 4) is 11.9 Å². The predicted octanol–water partition coefficient (Wildman–Crippen LogP) is 2.26. The van der Waals surface area contributed by atoms with Crippen molar-refractivity contribution in [2.45, 2.75) is 6.43 Å². The summed E-state index contributed by atoms with van der Waals surface area (Å²) in [6.45, 7) is 2.25. The van der Waals surface area contributed by atoms with Gasteiger partial charge >= 0.3 is 0 Å². The van der Waals surface area contributed by atoms with Gasteiger partial charge in [-0.2, -0.15) is 5.26 Å². The van der Waals surface area contributed by atoms with Crippen LogP contribution < -0.4 is 14.5 Å². The van der Waals surface area contributed by atoms with Crippen LogP contribution in [0.3, 0.4) is 0 Å². The molecule has 0 aliphatic carbocycles. The number of nitrogens with zero attached hydrogens (tertiary/aromatic N) is 7. The van der Waals surface area contributed by atoms with Gasteiger partial charge in [0.2, 0.25) is 5.88 Å². The van der Waals surface area contributed by atoms with Crippen molar-refractivity contribution in [2.24, 2.45) is 0 Å². The lowest BCUT2D eigenvalue weighted by atomic mass is 10.2. The lowest BCUT2D eigenvalue weighted by Crippen LogP contribution is -2.46.